The Morgan fingerprint density at radius 1 is 0.426 bits per heavy atom. The summed E-state index contributed by atoms with van der Waals surface area (Å²) < 4.78 is 28.6. The van der Waals surface area contributed by atoms with Gasteiger partial charge in [-0.15, -0.1) is 0 Å². The first-order valence-electron chi connectivity index (χ1n) is 21.9. The third-order valence-corrected chi connectivity index (χ3v) is 10.7. The van der Waals surface area contributed by atoms with Crippen molar-refractivity contribution in [1.29, 1.82) is 0 Å². The SMILES string of the molecule is COC(=O)c1ccccc1NC(=O)Cc1ccc(Oc2ccc3cc(OCc4ccccc4)ccc3c2)cc1.O=C(O)Cc1ccc(Oc2ccc3cc(OCc4ccccc4)ccc3c2)cc1. The molecule has 10 nitrogen and oxygen atoms in total. The summed E-state index contributed by atoms with van der Waals surface area (Å²) in [5.74, 6) is 2.82. The number of carboxylic acid groups (broad SMARTS) is 1. The molecule has 9 aromatic rings. The van der Waals surface area contributed by atoms with E-state index in [4.69, 9.17) is 28.8 Å². The van der Waals surface area contributed by atoms with Gasteiger partial charge in [0, 0.05) is 0 Å². The van der Waals surface area contributed by atoms with Gasteiger partial charge in [-0.05, 0) is 129 Å². The van der Waals surface area contributed by atoms with Gasteiger partial charge in [0.15, 0.2) is 0 Å². The number of ether oxygens (including phenoxy) is 5. The topological polar surface area (TPSA) is 130 Å². The Morgan fingerprint density at radius 3 is 1.28 bits per heavy atom. The molecule has 9 rings (SSSR count). The molecular weight excluding hydrogens is 855 g/mol. The lowest BCUT2D eigenvalue weighted by Crippen LogP contribution is -2.17. The molecule has 0 fully saturated rings. The number of esters is 1. The Balaban J connectivity index is 0.000000192. The van der Waals surface area contributed by atoms with Gasteiger partial charge < -0.3 is 34.1 Å². The highest BCUT2D eigenvalue weighted by Gasteiger charge is 2.14. The Morgan fingerprint density at radius 2 is 0.824 bits per heavy atom. The van der Waals surface area contributed by atoms with Crippen LogP contribution >= 0.6 is 0 Å². The normalized spacial score (nSPS) is 10.6. The number of carbonyl (C=O) groups is 3. The lowest BCUT2D eigenvalue weighted by Gasteiger charge is -2.11. The second kappa shape index (κ2) is 22.3. The van der Waals surface area contributed by atoms with Crippen LogP contribution in [0, 0.1) is 0 Å². The predicted molar refractivity (Wildman–Crippen MR) is 264 cm³/mol. The van der Waals surface area contributed by atoms with Gasteiger partial charge in [-0.1, -0.05) is 121 Å². The molecular formula is C58H47NO9. The lowest BCUT2D eigenvalue weighted by atomic mass is 10.1. The van der Waals surface area contributed by atoms with Crippen LogP contribution in [-0.2, 0) is 40.4 Å². The van der Waals surface area contributed by atoms with Crippen molar-refractivity contribution in [1.82, 2.24) is 0 Å². The van der Waals surface area contributed by atoms with Gasteiger partial charge in [0.05, 0.1) is 31.2 Å². The van der Waals surface area contributed by atoms with Crippen LogP contribution in [0.2, 0.25) is 0 Å². The zero-order chi connectivity index (χ0) is 47.1. The third kappa shape index (κ3) is 12.9. The predicted octanol–water partition coefficient (Wildman–Crippen LogP) is 13.0. The number of aliphatic carboxylic acids is 1. The van der Waals surface area contributed by atoms with Crippen LogP contribution in [0.25, 0.3) is 21.5 Å². The number of rotatable bonds is 16. The maximum atomic E-state index is 12.6. The smallest absolute Gasteiger partial charge is 0.339 e. The average molecular weight is 902 g/mol. The second-order valence-corrected chi connectivity index (χ2v) is 15.7. The summed E-state index contributed by atoms with van der Waals surface area (Å²) in [4.78, 5) is 35.3. The van der Waals surface area contributed by atoms with E-state index in [0.717, 1.165) is 61.0 Å². The summed E-state index contributed by atoms with van der Waals surface area (Å²) in [6.45, 7) is 1.05. The van der Waals surface area contributed by atoms with Crippen molar-refractivity contribution in [3.8, 4) is 34.5 Å². The first kappa shape index (κ1) is 45.7. The molecule has 10 heteroatoms. The first-order valence-corrected chi connectivity index (χ1v) is 21.9. The van der Waals surface area contributed by atoms with Crippen LogP contribution < -0.4 is 24.3 Å². The zero-order valence-electron chi connectivity index (χ0n) is 37.2. The first-order chi connectivity index (χ1) is 33.2. The van der Waals surface area contributed by atoms with E-state index < -0.39 is 11.9 Å². The van der Waals surface area contributed by atoms with Crippen molar-refractivity contribution >= 4 is 45.1 Å². The summed E-state index contributed by atoms with van der Waals surface area (Å²) in [6.07, 6.45) is 0.158. The minimum atomic E-state index is -0.847. The number of methoxy groups -OCH3 is 1. The molecule has 0 heterocycles. The van der Waals surface area contributed by atoms with Gasteiger partial charge in [0.2, 0.25) is 5.91 Å². The summed E-state index contributed by atoms with van der Waals surface area (Å²) >= 11 is 0. The zero-order valence-corrected chi connectivity index (χ0v) is 37.2. The molecule has 0 aliphatic carbocycles. The minimum Gasteiger partial charge on any atom is -0.489 e. The Labute approximate surface area is 393 Å². The van der Waals surface area contributed by atoms with E-state index in [1.807, 2.05) is 158 Å². The van der Waals surface area contributed by atoms with Gasteiger partial charge in [0.1, 0.15) is 47.7 Å². The number of anilines is 1. The van der Waals surface area contributed by atoms with Crippen LogP contribution in [0.5, 0.6) is 34.5 Å². The minimum absolute atomic E-state index is 0.00489. The molecule has 0 aliphatic heterocycles. The fraction of sp³-hybridized carbons (Fsp3) is 0.0862. The molecule has 0 saturated heterocycles. The van der Waals surface area contributed by atoms with E-state index in [2.05, 4.69) is 5.32 Å². The van der Waals surface area contributed by atoms with Crippen molar-refractivity contribution < 1.29 is 43.2 Å². The van der Waals surface area contributed by atoms with Crippen molar-refractivity contribution in [3.05, 3.63) is 234 Å². The fourth-order valence-corrected chi connectivity index (χ4v) is 7.25. The summed E-state index contributed by atoms with van der Waals surface area (Å²) in [6, 6.07) is 65.1. The van der Waals surface area contributed by atoms with Crippen LogP contribution in [0.15, 0.2) is 206 Å². The van der Waals surface area contributed by atoms with Crippen molar-refractivity contribution in [2.75, 3.05) is 12.4 Å². The number of nitrogens with one attached hydrogen (secondary N) is 1. The van der Waals surface area contributed by atoms with E-state index in [0.29, 0.717) is 41.7 Å². The number of fused-ring (bicyclic) bond motifs is 2. The molecule has 0 atom stereocenters. The van der Waals surface area contributed by atoms with Gasteiger partial charge >= 0.3 is 11.9 Å². The second-order valence-electron chi connectivity index (χ2n) is 15.7. The maximum absolute atomic E-state index is 12.6. The van der Waals surface area contributed by atoms with E-state index in [1.54, 1.807) is 48.5 Å². The highest BCUT2D eigenvalue weighted by Crippen LogP contribution is 2.31. The Hall–Kier alpha value is -8.89. The quantitative estimate of drug-likeness (QED) is 0.0910. The molecule has 0 spiro atoms. The van der Waals surface area contributed by atoms with Crippen molar-refractivity contribution in [3.63, 3.8) is 0 Å². The molecule has 0 radical (unpaired) electrons. The van der Waals surface area contributed by atoms with Crippen LogP contribution in [0.3, 0.4) is 0 Å². The highest BCUT2D eigenvalue weighted by molar-refractivity contribution is 6.01. The van der Waals surface area contributed by atoms with Gasteiger partial charge in [0.25, 0.3) is 0 Å². The number of carbonyl (C=O) groups excluding carboxylic acids is 2. The number of hydrogen-bond acceptors (Lipinski definition) is 8. The largest absolute Gasteiger partial charge is 0.489 e. The molecule has 0 unspecified atom stereocenters. The van der Waals surface area contributed by atoms with Gasteiger partial charge in [-0.2, -0.15) is 0 Å². The van der Waals surface area contributed by atoms with Crippen LogP contribution in [-0.4, -0.2) is 30.1 Å². The van der Waals surface area contributed by atoms with Crippen LogP contribution in [0.4, 0.5) is 5.69 Å². The molecule has 2 N–H and O–H groups in total. The molecule has 9 aromatic carbocycles. The maximum Gasteiger partial charge on any atom is 0.339 e. The highest BCUT2D eigenvalue weighted by atomic mass is 16.5. The molecule has 0 bridgehead atoms. The number of benzene rings is 9. The number of para-hydroxylation sites is 1. The van der Waals surface area contributed by atoms with Crippen molar-refractivity contribution in [2.24, 2.45) is 0 Å². The number of hydrogen-bond donors (Lipinski definition) is 2. The monoisotopic (exact) mass is 901 g/mol. The van der Waals surface area contributed by atoms with Crippen molar-refractivity contribution in [2.45, 2.75) is 26.1 Å². The Kier molecular flexibility index (Phi) is 15.0. The molecule has 0 aromatic heterocycles. The molecule has 0 saturated carbocycles. The number of carboxylic acids is 1. The summed E-state index contributed by atoms with van der Waals surface area (Å²) in [5, 5.41) is 15.9. The van der Waals surface area contributed by atoms with Gasteiger partial charge in [-0.3, -0.25) is 9.59 Å². The average Bonchev–Trinajstić information content (AvgIpc) is 3.37. The van der Waals surface area contributed by atoms with Gasteiger partial charge in [-0.25, -0.2) is 4.79 Å². The van der Waals surface area contributed by atoms with E-state index in [1.165, 1.54) is 7.11 Å². The van der Waals surface area contributed by atoms with E-state index in [9.17, 15) is 14.4 Å². The molecule has 338 valence electrons. The number of amides is 1. The molecule has 0 aliphatic rings. The summed E-state index contributed by atoms with van der Waals surface area (Å²) in [7, 11) is 1.31. The lowest BCUT2D eigenvalue weighted by molar-refractivity contribution is -0.136. The molecule has 68 heavy (non-hydrogen) atoms. The van der Waals surface area contributed by atoms with E-state index >= 15 is 0 Å². The van der Waals surface area contributed by atoms with E-state index in [-0.39, 0.29) is 18.7 Å². The summed E-state index contributed by atoms with van der Waals surface area (Å²) in [5.41, 5.74) is 4.54. The molecule has 1 amide bonds. The third-order valence-electron chi connectivity index (χ3n) is 10.7. The fourth-order valence-electron chi connectivity index (χ4n) is 7.25. The van der Waals surface area contributed by atoms with Crippen LogP contribution in [0.1, 0.15) is 32.6 Å². The Bertz CT molecular complexity index is 3140. The standard InChI is InChI=1S/C33H27NO5.C25H20O4/c1-37-33(36)30-9-5-6-10-31(30)34-32(35)19-23-11-15-27(16-12-23)39-29-18-14-25-20-28(17-13-26(25)21-29)38-22-24-7-3-2-4-8-24;26-25(27)14-18-6-10-22(11-7-18)29-24-13-9-20-15-23(12-8-21(20)16-24)28-17-19-4-2-1-3-5-19/h2-18,20-21H,19,22H2,1H3,(H,34,35);1-13,15-16H,14,17H2,(H,26,27).